The summed E-state index contributed by atoms with van der Waals surface area (Å²) >= 11 is 0. The lowest BCUT2D eigenvalue weighted by atomic mass is 9.98. The third-order valence-electron chi connectivity index (χ3n) is 3.73. The molecule has 0 aromatic heterocycles. The van der Waals surface area contributed by atoms with Crippen molar-refractivity contribution in [2.75, 3.05) is 33.7 Å². The Morgan fingerprint density at radius 3 is 2.45 bits per heavy atom. The van der Waals surface area contributed by atoms with Gasteiger partial charge >= 0.3 is 12.0 Å². The minimum atomic E-state index is -0.946. The molecule has 0 saturated carbocycles. The Balaban J connectivity index is 2.81. The van der Waals surface area contributed by atoms with E-state index in [-0.39, 0.29) is 18.5 Å². The van der Waals surface area contributed by atoms with Gasteiger partial charge in [0.2, 0.25) is 5.91 Å². The maximum atomic E-state index is 12.4. The van der Waals surface area contributed by atoms with Gasteiger partial charge in [-0.1, -0.05) is 6.92 Å². The second-order valence-electron chi connectivity index (χ2n) is 5.84. The van der Waals surface area contributed by atoms with E-state index in [4.69, 9.17) is 5.11 Å². The summed E-state index contributed by atoms with van der Waals surface area (Å²) in [6, 6.07) is -0.315. The van der Waals surface area contributed by atoms with Gasteiger partial charge in [-0.25, -0.2) is 4.79 Å². The first-order valence-corrected chi connectivity index (χ1v) is 6.60. The maximum Gasteiger partial charge on any atom is 0.320 e. The average Bonchev–Trinajstić information content (AvgIpc) is 2.35. The number of carboxylic acids is 1. The van der Waals surface area contributed by atoms with Crippen molar-refractivity contribution >= 4 is 17.9 Å². The van der Waals surface area contributed by atoms with E-state index in [0.717, 1.165) is 0 Å². The van der Waals surface area contributed by atoms with Crippen LogP contribution in [0.1, 0.15) is 20.8 Å². The van der Waals surface area contributed by atoms with Crippen molar-refractivity contribution in [2.45, 2.75) is 26.3 Å². The number of likely N-dealkylation sites (N-methyl/N-ethyl adjacent to an activating group) is 1. The average molecular weight is 285 g/mol. The smallest absolute Gasteiger partial charge is 0.320 e. The minimum absolute atomic E-state index is 0.114. The molecule has 0 radical (unpaired) electrons. The molecule has 3 amide bonds. The Kier molecular flexibility index (Phi) is 4.62. The van der Waals surface area contributed by atoms with E-state index in [9.17, 15) is 14.4 Å². The van der Waals surface area contributed by atoms with Crippen molar-refractivity contribution in [1.82, 2.24) is 14.7 Å². The van der Waals surface area contributed by atoms with Gasteiger partial charge in [0.25, 0.3) is 0 Å². The van der Waals surface area contributed by atoms with Crippen LogP contribution in [0.5, 0.6) is 0 Å². The monoisotopic (exact) mass is 285 g/mol. The van der Waals surface area contributed by atoms with Crippen LogP contribution in [0.2, 0.25) is 0 Å². The van der Waals surface area contributed by atoms with E-state index in [0.29, 0.717) is 13.1 Å². The Labute approximate surface area is 119 Å². The highest BCUT2D eigenvalue weighted by Crippen LogP contribution is 2.23. The number of hydrogen-bond donors (Lipinski definition) is 1. The quantitative estimate of drug-likeness (QED) is 0.809. The summed E-state index contributed by atoms with van der Waals surface area (Å²) in [7, 11) is 3.27. The standard InChI is InChI=1S/C13H23N3O4/c1-9(10(17)18)8-15(5)12(20)16-7-6-14(4)11(19)13(16,2)3/h9H,6-8H2,1-5H3,(H,17,18). The van der Waals surface area contributed by atoms with Crippen molar-refractivity contribution in [2.24, 2.45) is 5.92 Å². The van der Waals surface area contributed by atoms with E-state index >= 15 is 0 Å². The van der Waals surface area contributed by atoms with Crippen molar-refractivity contribution in [3.05, 3.63) is 0 Å². The van der Waals surface area contributed by atoms with Crippen LogP contribution in [0.25, 0.3) is 0 Å². The Bertz CT molecular complexity index is 422. The number of carbonyl (C=O) groups is 3. The van der Waals surface area contributed by atoms with Crippen molar-refractivity contribution < 1.29 is 19.5 Å². The molecule has 0 aliphatic carbocycles. The number of urea groups is 1. The number of nitrogens with zero attached hydrogens (tertiary/aromatic N) is 3. The SMILES string of the molecule is CC(CN(C)C(=O)N1CCN(C)C(=O)C1(C)C)C(=O)O. The number of piperazine rings is 1. The van der Waals surface area contributed by atoms with Gasteiger partial charge in [-0.05, 0) is 13.8 Å². The minimum Gasteiger partial charge on any atom is -0.481 e. The maximum absolute atomic E-state index is 12.4. The molecular weight excluding hydrogens is 262 g/mol. The number of hydrogen-bond acceptors (Lipinski definition) is 3. The molecule has 1 aliphatic rings. The molecule has 0 aromatic rings. The van der Waals surface area contributed by atoms with Crippen LogP contribution in [0.4, 0.5) is 4.79 Å². The fourth-order valence-corrected chi connectivity index (χ4v) is 2.32. The summed E-state index contributed by atoms with van der Waals surface area (Å²) in [5.74, 6) is -1.70. The summed E-state index contributed by atoms with van der Waals surface area (Å²) in [6.45, 7) is 6.00. The highest BCUT2D eigenvalue weighted by Gasteiger charge is 2.44. The largest absolute Gasteiger partial charge is 0.481 e. The van der Waals surface area contributed by atoms with Gasteiger partial charge in [0.1, 0.15) is 5.54 Å². The summed E-state index contributed by atoms with van der Waals surface area (Å²) in [6.07, 6.45) is 0. The number of carbonyl (C=O) groups excluding carboxylic acids is 2. The molecule has 0 spiro atoms. The first-order valence-electron chi connectivity index (χ1n) is 6.60. The molecule has 1 rings (SSSR count). The molecule has 7 heteroatoms. The molecule has 1 atom stereocenters. The molecule has 20 heavy (non-hydrogen) atoms. The van der Waals surface area contributed by atoms with E-state index in [1.807, 2.05) is 0 Å². The summed E-state index contributed by atoms with van der Waals surface area (Å²) in [5, 5.41) is 8.89. The third kappa shape index (κ3) is 3.02. The second-order valence-corrected chi connectivity index (χ2v) is 5.84. The molecule has 1 aliphatic heterocycles. The fraction of sp³-hybridized carbons (Fsp3) is 0.769. The molecule has 1 fully saturated rings. The van der Waals surface area contributed by atoms with Crippen LogP contribution >= 0.6 is 0 Å². The van der Waals surface area contributed by atoms with Gasteiger partial charge in [0.05, 0.1) is 5.92 Å². The van der Waals surface area contributed by atoms with E-state index < -0.39 is 17.4 Å². The fourth-order valence-electron chi connectivity index (χ4n) is 2.32. The molecule has 1 heterocycles. The Morgan fingerprint density at radius 2 is 1.95 bits per heavy atom. The third-order valence-corrected chi connectivity index (χ3v) is 3.73. The zero-order valence-electron chi connectivity index (χ0n) is 12.7. The highest BCUT2D eigenvalue weighted by atomic mass is 16.4. The number of amides is 3. The molecule has 7 nitrogen and oxygen atoms in total. The van der Waals surface area contributed by atoms with Crippen LogP contribution < -0.4 is 0 Å². The Hall–Kier alpha value is -1.79. The van der Waals surface area contributed by atoms with Crippen LogP contribution in [0.3, 0.4) is 0 Å². The van der Waals surface area contributed by atoms with E-state index in [2.05, 4.69) is 0 Å². The van der Waals surface area contributed by atoms with Crippen LogP contribution in [-0.4, -0.2) is 77.0 Å². The predicted molar refractivity (Wildman–Crippen MR) is 73.2 cm³/mol. The zero-order chi connectivity index (χ0) is 15.7. The number of aliphatic carboxylic acids is 1. The summed E-state index contributed by atoms with van der Waals surface area (Å²) in [4.78, 5) is 39.9. The summed E-state index contributed by atoms with van der Waals surface area (Å²) in [5.41, 5.74) is -0.912. The molecule has 0 aromatic carbocycles. The van der Waals surface area contributed by atoms with Crippen LogP contribution in [-0.2, 0) is 9.59 Å². The topological polar surface area (TPSA) is 81.2 Å². The van der Waals surface area contributed by atoms with Gasteiger partial charge in [0.15, 0.2) is 0 Å². The van der Waals surface area contributed by atoms with Gasteiger partial charge in [-0.3, -0.25) is 9.59 Å². The molecular formula is C13H23N3O4. The van der Waals surface area contributed by atoms with Gasteiger partial charge in [0, 0.05) is 33.7 Å². The molecule has 0 bridgehead atoms. The summed E-state index contributed by atoms with van der Waals surface area (Å²) < 4.78 is 0. The van der Waals surface area contributed by atoms with Crippen LogP contribution in [0, 0.1) is 5.92 Å². The molecule has 114 valence electrons. The lowest BCUT2D eigenvalue weighted by Crippen LogP contribution is -2.65. The molecule has 1 unspecified atom stereocenters. The van der Waals surface area contributed by atoms with Gasteiger partial charge < -0.3 is 19.8 Å². The normalized spacial score (nSPS) is 19.8. The first-order chi connectivity index (χ1) is 9.09. The second kappa shape index (κ2) is 5.68. The van der Waals surface area contributed by atoms with E-state index in [1.54, 1.807) is 39.8 Å². The predicted octanol–water partition coefficient (Wildman–Crippen LogP) is 0.312. The molecule has 1 saturated heterocycles. The number of carboxylic acid groups (broad SMARTS) is 1. The van der Waals surface area contributed by atoms with Crippen molar-refractivity contribution in [1.29, 1.82) is 0 Å². The van der Waals surface area contributed by atoms with Crippen molar-refractivity contribution in [3.8, 4) is 0 Å². The lowest BCUT2D eigenvalue weighted by molar-refractivity contribution is -0.145. The number of rotatable bonds is 3. The zero-order valence-corrected chi connectivity index (χ0v) is 12.7. The lowest BCUT2D eigenvalue weighted by Gasteiger charge is -2.45. The first kappa shape index (κ1) is 16.3. The van der Waals surface area contributed by atoms with Crippen molar-refractivity contribution in [3.63, 3.8) is 0 Å². The highest BCUT2D eigenvalue weighted by molar-refractivity contribution is 5.91. The molecule has 1 N–H and O–H groups in total. The van der Waals surface area contributed by atoms with Gasteiger partial charge in [-0.15, -0.1) is 0 Å². The Morgan fingerprint density at radius 1 is 1.40 bits per heavy atom. The van der Waals surface area contributed by atoms with Gasteiger partial charge in [-0.2, -0.15) is 0 Å². The van der Waals surface area contributed by atoms with Crippen LogP contribution in [0.15, 0.2) is 0 Å². The van der Waals surface area contributed by atoms with E-state index in [1.165, 1.54) is 9.80 Å².